The van der Waals surface area contributed by atoms with Gasteiger partial charge in [-0.25, -0.2) is 8.42 Å². The quantitative estimate of drug-likeness (QED) is 0.808. The molecule has 0 saturated heterocycles. The number of hydrogen-bond acceptors (Lipinski definition) is 4. The third kappa shape index (κ3) is 6.67. The van der Waals surface area contributed by atoms with Gasteiger partial charge in [0, 0.05) is 6.26 Å². The Labute approximate surface area is 116 Å². The van der Waals surface area contributed by atoms with Gasteiger partial charge in [0.15, 0.2) is 9.84 Å². The summed E-state index contributed by atoms with van der Waals surface area (Å²) in [4.78, 5) is 0. The van der Waals surface area contributed by atoms with Crippen molar-refractivity contribution in [3.8, 4) is 11.5 Å². The Morgan fingerprint density at radius 1 is 1.32 bits per heavy atom. The molecule has 4 nitrogen and oxygen atoms in total. The van der Waals surface area contributed by atoms with Crippen molar-refractivity contribution in [2.45, 2.75) is 6.36 Å². The molecule has 108 valence electrons. The molecule has 0 radical (unpaired) electrons. The van der Waals surface area contributed by atoms with E-state index in [9.17, 15) is 21.6 Å². The second-order valence-electron chi connectivity index (χ2n) is 3.62. The molecule has 1 aromatic carbocycles. The second-order valence-corrected chi connectivity index (χ2v) is 6.73. The van der Waals surface area contributed by atoms with Gasteiger partial charge in [-0.1, -0.05) is 0 Å². The highest BCUT2D eigenvalue weighted by Crippen LogP contribution is 2.33. The molecule has 0 fully saturated rings. The van der Waals surface area contributed by atoms with Gasteiger partial charge in [-0.2, -0.15) is 0 Å². The average molecular weight is 363 g/mol. The van der Waals surface area contributed by atoms with E-state index in [4.69, 9.17) is 4.74 Å². The standard InChI is InChI=1S/C10H10BrF3O4S/c1-19(15,16)5-4-17-7-2-3-9(8(11)6-7)18-10(12,13)14/h2-3,6H,4-5H2,1H3. The molecule has 0 aliphatic rings. The van der Waals surface area contributed by atoms with Crippen LogP contribution >= 0.6 is 15.9 Å². The van der Waals surface area contributed by atoms with E-state index in [0.29, 0.717) is 0 Å². The van der Waals surface area contributed by atoms with Gasteiger partial charge in [-0.05, 0) is 34.1 Å². The molecule has 1 aromatic rings. The normalized spacial score (nSPS) is 12.3. The minimum absolute atomic E-state index is 0.0571. The first kappa shape index (κ1) is 16.1. The molecule has 0 spiro atoms. The van der Waals surface area contributed by atoms with Gasteiger partial charge in [-0.15, -0.1) is 13.2 Å². The molecule has 0 amide bonds. The van der Waals surface area contributed by atoms with Crippen LogP contribution < -0.4 is 9.47 Å². The van der Waals surface area contributed by atoms with Crippen molar-refractivity contribution in [1.29, 1.82) is 0 Å². The van der Waals surface area contributed by atoms with Crippen LogP contribution in [0, 0.1) is 0 Å². The van der Waals surface area contributed by atoms with E-state index in [1.165, 1.54) is 12.1 Å². The highest BCUT2D eigenvalue weighted by Gasteiger charge is 2.31. The minimum Gasteiger partial charge on any atom is -0.492 e. The zero-order chi connectivity index (χ0) is 14.7. The Balaban J connectivity index is 2.67. The summed E-state index contributed by atoms with van der Waals surface area (Å²) in [5.74, 6) is -0.334. The molecule has 0 aromatic heterocycles. The molecule has 0 unspecified atom stereocenters. The summed E-state index contributed by atoms with van der Waals surface area (Å²) in [7, 11) is -3.15. The molecule has 0 saturated carbocycles. The van der Waals surface area contributed by atoms with Crippen LogP contribution in [0.4, 0.5) is 13.2 Å². The van der Waals surface area contributed by atoms with Crippen LogP contribution in [0.5, 0.6) is 11.5 Å². The fraction of sp³-hybridized carbons (Fsp3) is 0.400. The molecule has 9 heteroatoms. The zero-order valence-corrected chi connectivity index (χ0v) is 12.1. The molecule has 0 aliphatic carbocycles. The van der Waals surface area contributed by atoms with Gasteiger partial charge >= 0.3 is 6.36 Å². The molecule has 0 atom stereocenters. The second kappa shape index (κ2) is 6.00. The number of sulfone groups is 1. The summed E-state index contributed by atoms with van der Waals surface area (Å²) in [6.45, 7) is -0.0786. The van der Waals surface area contributed by atoms with Gasteiger partial charge in [0.05, 0.1) is 10.2 Å². The van der Waals surface area contributed by atoms with Gasteiger partial charge in [0.25, 0.3) is 0 Å². The maximum atomic E-state index is 12.0. The van der Waals surface area contributed by atoms with Crippen molar-refractivity contribution in [3.05, 3.63) is 22.7 Å². The topological polar surface area (TPSA) is 52.6 Å². The van der Waals surface area contributed by atoms with E-state index in [-0.39, 0.29) is 22.6 Å². The first-order chi connectivity index (χ1) is 8.57. The van der Waals surface area contributed by atoms with Gasteiger partial charge in [0.1, 0.15) is 18.1 Å². The fourth-order valence-corrected chi connectivity index (χ4v) is 1.91. The van der Waals surface area contributed by atoms with Gasteiger partial charge < -0.3 is 9.47 Å². The Hall–Kier alpha value is -0.960. The molecule has 0 N–H and O–H groups in total. The maximum absolute atomic E-state index is 12.0. The molecule has 19 heavy (non-hydrogen) atoms. The number of rotatable bonds is 5. The van der Waals surface area contributed by atoms with E-state index >= 15 is 0 Å². The van der Waals surface area contributed by atoms with Crippen molar-refractivity contribution in [2.24, 2.45) is 0 Å². The summed E-state index contributed by atoms with van der Waals surface area (Å²) in [6, 6.07) is 3.60. The van der Waals surface area contributed by atoms with Crippen LogP contribution in [0.25, 0.3) is 0 Å². The van der Waals surface area contributed by atoms with Crippen molar-refractivity contribution in [1.82, 2.24) is 0 Å². The predicted octanol–water partition coefficient (Wildman–Crippen LogP) is 2.77. The SMILES string of the molecule is CS(=O)(=O)CCOc1ccc(OC(F)(F)F)c(Br)c1. The highest BCUT2D eigenvalue weighted by molar-refractivity contribution is 9.10. The van der Waals surface area contributed by atoms with E-state index in [0.717, 1.165) is 12.3 Å². The summed E-state index contributed by atoms with van der Waals surface area (Å²) >= 11 is 2.91. The lowest BCUT2D eigenvalue weighted by Gasteiger charge is -2.12. The summed E-state index contributed by atoms with van der Waals surface area (Å²) < 4.78 is 66.7. The largest absolute Gasteiger partial charge is 0.573 e. The summed E-state index contributed by atoms with van der Waals surface area (Å²) in [5.41, 5.74) is 0. The molecule has 0 aliphatic heterocycles. The van der Waals surface area contributed by atoms with Crippen molar-refractivity contribution in [2.75, 3.05) is 18.6 Å². The zero-order valence-electron chi connectivity index (χ0n) is 9.70. The lowest BCUT2D eigenvalue weighted by atomic mass is 10.3. The third-order valence-electron chi connectivity index (χ3n) is 1.85. The number of hydrogen-bond donors (Lipinski definition) is 0. The van der Waals surface area contributed by atoms with Gasteiger partial charge in [0.2, 0.25) is 0 Å². The summed E-state index contributed by atoms with van der Waals surface area (Å²) in [6.07, 6.45) is -3.71. The smallest absolute Gasteiger partial charge is 0.492 e. The van der Waals surface area contributed by atoms with Gasteiger partial charge in [-0.3, -0.25) is 0 Å². The van der Waals surface area contributed by atoms with Crippen molar-refractivity contribution >= 4 is 25.8 Å². The molecule has 1 rings (SSSR count). The lowest BCUT2D eigenvalue weighted by molar-refractivity contribution is -0.274. The van der Waals surface area contributed by atoms with Crippen molar-refractivity contribution in [3.63, 3.8) is 0 Å². The summed E-state index contributed by atoms with van der Waals surface area (Å²) in [5, 5.41) is 0. The monoisotopic (exact) mass is 362 g/mol. The number of halogens is 4. The van der Waals surface area contributed by atoms with Crippen LogP contribution in [-0.4, -0.2) is 33.4 Å². The van der Waals surface area contributed by atoms with E-state index < -0.39 is 21.9 Å². The lowest BCUT2D eigenvalue weighted by Crippen LogP contribution is -2.17. The highest BCUT2D eigenvalue weighted by atomic mass is 79.9. The Kier molecular flexibility index (Phi) is 5.08. The Bertz CT molecular complexity index is 542. The molecule has 0 bridgehead atoms. The van der Waals surface area contributed by atoms with Crippen LogP contribution in [0.2, 0.25) is 0 Å². The first-order valence-corrected chi connectivity index (χ1v) is 7.78. The third-order valence-corrected chi connectivity index (χ3v) is 3.38. The van der Waals surface area contributed by atoms with Crippen LogP contribution in [0.1, 0.15) is 0 Å². The van der Waals surface area contributed by atoms with E-state index in [1.807, 2.05) is 0 Å². The van der Waals surface area contributed by atoms with Crippen LogP contribution in [-0.2, 0) is 9.84 Å². The minimum atomic E-state index is -4.78. The fourth-order valence-electron chi connectivity index (χ4n) is 1.09. The molecular weight excluding hydrogens is 353 g/mol. The van der Waals surface area contributed by atoms with E-state index in [1.54, 1.807) is 0 Å². The maximum Gasteiger partial charge on any atom is 0.573 e. The van der Waals surface area contributed by atoms with E-state index in [2.05, 4.69) is 20.7 Å². The van der Waals surface area contributed by atoms with Crippen LogP contribution in [0.3, 0.4) is 0 Å². The van der Waals surface area contributed by atoms with Crippen LogP contribution in [0.15, 0.2) is 22.7 Å². The van der Waals surface area contributed by atoms with Crippen molar-refractivity contribution < 1.29 is 31.1 Å². The molecular formula is C10H10BrF3O4S. The molecule has 0 heterocycles. The number of ether oxygens (including phenoxy) is 2. The average Bonchev–Trinajstić information content (AvgIpc) is 2.18. The predicted molar refractivity (Wildman–Crippen MR) is 66.0 cm³/mol. The Morgan fingerprint density at radius 3 is 2.42 bits per heavy atom. The number of benzene rings is 1. The first-order valence-electron chi connectivity index (χ1n) is 4.93. The Morgan fingerprint density at radius 2 is 1.95 bits per heavy atom. The number of alkyl halides is 3.